The highest BCUT2D eigenvalue weighted by Gasteiger charge is 2.15. The molecule has 0 spiro atoms. The molecule has 1 aromatic heterocycles. The zero-order valence-corrected chi connectivity index (χ0v) is 13.1. The van der Waals surface area contributed by atoms with Gasteiger partial charge in [-0.25, -0.2) is 0 Å². The minimum absolute atomic E-state index is 0.524. The third-order valence-electron chi connectivity index (χ3n) is 2.78. The minimum atomic E-state index is 0.524. The van der Waals surface area contributed by atoms with Crippen LogP contribution in [-0.2, 0) is 13.6 Å². The molecule has 1 rings (SSSR count). The van der Waals surface area contributed by atoms with Crippen molar-refractivity contribution in [3.63, 3.8) is 0 Å². The van der Waals surface area contributed by atoms with Gasteiger partial charge in [-0.05, 0) is 12.8 Å². The van der Waals surface area contributed by atoms with Crippen molar-refractivity contribution >= 4 is 34.2 Å². The zero-order chi connectivity index (χ0) is 12.3. The van der Waals surface area contributed by atoms with Gasteiger partial charge in [0.05, 0.1) is 5.69 Å². The number of hydrogen-bond donors (Lipinski definition) is 1. The fourth-order valence-electron chi connectivity index (χ4n) is 1.58. The number of nitrogens with one attached hydrogen (secondary N) is 1. The fraction of sp³-hybridized carbons (Fsp3) is 0.727. The second kappa shape index (κ2) is 6.21. The second-order valence-corrected chi connectivity index (χ2v) is 5.60. The SMILES string of the molecule is Cc1nn(C)c(Cl)c1CNC(CI)C(C)C. The second-order valence-electron chi connectivity index (χ2n) is 4.36. The summed E-state index contributed by atoms with van der Waals surface area (Å²) in [6, 6.07) is 0.524. The molecule has 1 aromatic rings. The summed E-state index contributed by atoms with van der Waals surface area (Å²) in [5.74, 6) is 0.632. The first-order valence-corrected chi connectivity index (χ1v) is 7.35. The van der Waals surface area contributed by atoms with Crippen molar-refractivity contribution in [3.8, 4) is 0 Å². The lowest BCUT2D eigenvalue weighted by Gasteiger charge is -2.19. The largest absolute Gasteiger partial charge is 0.309 e. The highest BCUT2D eigenvalue weighted by molar-refractivity contribution is 14.1. The summed E-state index contributed by atoms with van der Waals surface area (Å²) in [5, 5.41) is 8.57. The summed E-state index contributed by atoms with van der Waals surface area (Å²) in [6.07, 6.45) is 0. The molecule has 1 unspecified atom stereocenters. The van der Waals surface area contributed by atoms with Crippen molar-refractivity contribution in [2.75, 3.05) is 4.43 Å². The summed E-state index contributed by atoms with van der Waals surface area (Å²) in [6.45, 7) is 7.25. The Morgan fingerprint density at radius 3 is 2.50 bits per heavy atom. The first kappa shape index (κ1) is 14.3. The predicted molar refractivity (Wildman–Crippen MR) is 77.3 cm³/mol. The lowest BCUT2D eigenvalue weighted by Crippen LogP contribution is -2.34. The summed E-state index contributed by atoms with van der Waals surface area (Å²) in [7, 11) is 1.87. The fourth-order valence-corrected chi connectivity index (χ4v) is 3.15. The van der Waals surface area contributed by atoms with Gasteiger partial charge in [0.2, 0.25) is 0 Å². The van der Waals surface area contributed by atoms with Gasteiger partial charge in [-0.3, -0.25) is 4.68 Å². The smallest absolute Gasteiger partial charge is 0.131 e. The van der Waals surface area contributed by atoms with Crippen molar-refractivity contribution in [3.05, 3.63) is 16.4 Å². The average molecular weight is 356 g/mol. The Kier molecular flexibility index (Phi) is 5.53. The molecule has 3 nitrogen and oxygen atoms in total. The molecule has 1 atom stereocenters. The molecule has 92 valence electrons. The van der Waals surface area contributed by atoms with Gasteiger partial charge >= 0.3 is 0 Å². The summed E-state index contributed by atoms with van der Waals surface area (Å²) in [4.78, 5) is 0. The van der Waals surface area contributed by atoms with Crippen LogP contribution in [0.1, 0.15) is 25.1 Å². The maximum Gasteiger partial charge on any atom is 0.131 e. The zero-order valence-electron chi connectivity index (χ0n) is 10.2. The van der Waals surface area contributed by atoms with Crippen LogP contribution in [0.5, 0.6) is 0 Å². The molecule has 5 heteroatoms. The summed E-state index contributed by atoms with van der Waals surface area (Å²) < 4.78 is 2.83. The van der Waals surface area contributed by atoms with E-state index < -0.39 is 0 Å². The molecule has 0 fully saturated rings. The highest BCUT2D eigenvalue weighted by Crippen LogP contribution is 2.19. The van der Waals surface area contributed by atoms with Crippen molar-refractivity contribution < 1.29 is 0 Å². The molecule has 0 amide bonds. The number of alkyl halides is 1. The van der Waals surface area contributed by atoms with Gasteiger partial charge in [-0.15, -0.1) is 0 Å². The van der Waals surface area contributed by atoms with Crippen molar-refractivity contribution in [2.45, 2.75) is 33.4 Å². The number of halogens is 2. The van der Waals surface area contributed by atoms with Crippen molar-refractivity contribution in [1.82, 2.24) is 15.1 Å². The van der Waals surface area contributed by atoms with Gasteiger partial charge in [0.25, 0.3) is 0 Å². The summed E-state index contributed by atoms with van der Waals surface area (Å²) in [5.41, 5.74) is 2.12. The van der Waals surface area contributed by atoms with E-state index in [1.54, 1.807) is 4.68 Å². The Balaban J connectivity index is 2.67. The van der Waals surface area contributed by atoms with Crippen LogP contribution in [0.4, 0.5) is 0 Å². The lowest BCUT2D eigenvalue weighted by molar-refractivity contribution is 0.436. The summed E-state index contributed by atoms with van der Waals surface area (Å²) >= 11 is 8.59. The topological polar surface area (TPSA) is 29.9 Å². The Hall–Kier alpha value is 0.190. The van der Waals surface area contributed by atoms with Gasteiger partial charge in [-0.2, -0.15) is 5.10 Å². The average Bonchev–Trinajstić information content (AvgIpc) is 2.44. The van der Waals surface area contributed by atoms with E-state index in [-0.39, 0.29) is 0 Å². The maximum atomic E-state index is 6.18. The molecule has 1 N–H and O–H groups in total. The van der Waals surface area contributed by atoms with Crippen LogP contribution in [0.2, 0.25) is 5.15 Å². The molecule has 1 heterocycles. The molecule has 0 radical (unpaired) electrons. The van der Waals surface area contributed by atoms with Crippen LogP contribution in [-0.4, -0.2) is 20.2 Å². The molecular formula is C11H19ClIN3. The van der Waals surface area contributed by atoms with E-state index in [2.05, 4.69) is 46.9 Å². The quantitative estimate of drug-likeness (QED) is 0.650. The third-order valence-corrected chi connectivity index (χ3v) is 4.20. The van der Waals surface area contributed by atoms with E-state index >= 15 is 0 Å². The lowest BCUT2D eigenvalue weighted by atomic mass is 10.1. The molecule has 0 aliphatic rings. The van der Waals surface area contributed by atoms with Crippen LogP contribution >= 0.6 is 34.2 Å². The molecule has 0 saturated heterocycles. The number of aryl methyl sites for hydroxylation is 2. The molecule has 0 aliphatic heterocycles. The van der Waals surface area contributed by atoms with Crippen LogP contribution in [0.25, 0.3) is 0 Å². The maximum absolute atomic E-state index is 6.18. The molecular weight excluding hydrogens is 336 g/mol. The van der Waals surface area contributed by atoms with Crippen LogP contribution in [0, 0.1) is 12.8 Å². The van der Waals surface area contributed by atoms with Crippen LogP contribution < -0.4 is 5.32 Å². The molecule has 0 bridgehead atoms. The van der Waals surface area contributed by atoms with E-state index in [9.17, 15) is 0 Å². The molecule has 16 heavy (non-hydrogen) atoms. The minimum Gasteiger partial charge on any atom is -0.309 e. The van der Waals surface area contributed by atoms with Crippen molar-refractivity contribution in [2.24, 2.45) is 13.0 Å². The van der Waals surface area contributed by atoms with Crippen molar-refractivity contribution in [1.29, 1.82) is 0 Å². The van der Waals surface area contributed by atoms with Gasteiger partial charge < -0.3 is 5.32 Å². The van der Waals surface area contributed by atoms with Gasteiger partial charge in [0, 0.05) is 29.6 Å². The first-order chi connectivity index (χ1) is 7.47. The van der Waals surface area contributed by atoms with E-state index in [1.807, 2.05) is 14.0 Å². The van der Waals surface area contributed by atoms with Crippen LogP contribution in [0.15, 0.2) is 0 Å². The van der Waals surface area contributed by atoms with E-state index in [0.29, 0.717) is 12.0 Å². The normalized spacial score (nSPS) is 13.4. The van der Waals surface area contributed by atoms with E-state index in [0.717, 1.165) is 27.4 Å². The van der Waals surface area contributed by atoms with Gasteiger partial charge in [0.1, 0.15) is 5.15 Å². The predicted octanol–water partition coefficient (Wildman–Crippen LogP) is 2.93. The molecule has 0 aromatic carbocycles. The van der Waals surface area contributed by atoms with E-state index in [4.69, 9.17) is 11.6 Å². The number of aromatic nitrogens is 2. The Morgan fingerprint density at radius 2 is 2.12 bits per heavy atom. The van der Waals surface area contributed by atoms with E-state index in [1.165, 1.54) is 0 Å². The third kappa shape index (κ3) is 3.34. The number of nitrogens with zero attached hydrogens (tertiary/aromatic N) is 2. The number of rotatable bonds is 5. The van der Waals surface area contributed by atoms with Gasteiger partial charge in [-0.1, -0.05) is 48.0 Å². The molecule has 0 saturated carbocycles. The Bertz CT molecular complexity index is 349. The first-order valence-electron chi connectivity index (χ1n) is 5.44. The Labute approximate surface area is 116 Å². The number of hydrogen-bond acceptors (Lipinski definition) is 2. The highest BCUT2D eigenvalue weighted by atomic mass is 127. The standard InChI is InChI=1S/C11H19ClIN3/c1-7(2)10(5-13)14-6-9-8(3)15-16(4)11(9)12/h7,10,14H,5-6H2,1-4H3. The Morgan fingerprint density at radius 1 is 1.50 bits per heavy atom. The van der Waals surface area contributed by atoms with Gasteiger partial charge in [0.15, 0.2) is 0 Å². The monoisotopic (exact) mass is 355 g/mol. The molecule has 0 aliphatic carbocycles. The van der Waals surface area contributed by atoms with Crippen LogP contribution in [0.3, 0.4) is 0 Å².